The summed E-state index contributed by atoms with van der Waals surface area (Å²) in [5.41, 5.74) is 5.46. The summed E-state index contributed by atoms with van der Waals surface area (Å²) < 4.78 is 0. The van der Waals surface area contributed by atoms with Gasteiger partial charge in [0.25, 0.3) is 0 Å². The molecule has 8 unspecified atom stereocenters. The van der Waals surface area contributed by atoms with Crippen LogP contribution in [0.4, 0.5) is 0 Å². The summed E-state index contributed by atoms with van der Waals surface area (Å²) >= 11 is 14.2. The molecular formula is C36H44Cl2. The van der Waals surface area contributed by atoms with Gasteiger partial charge in [-0.3, -0.25) is 0 Å². The maximum absolute atomic E-state index is 7.09. The van der Waals surface area contributed by atoms with Gasteiger partial charge in [-0.05, 0) is 95.6 Å². The van der Waals surface area contributed by atoms with Gasteiger partial charge >= 0.3 is 0 Å². The van der Waals surface area contributed by atoms with Crippen molar-refractivity contribution in [2.45, 2.75) is 95.8 Å². The zero-order chi connectivity index (χ0) is 25.6. The third-order valence-electron chi connectivity index (χ3n) is 11.6. The largest absolute Gasteiger partial charge is 0.0844 e. The maximum Gasteiger partial charge on any atom is 0.0447 e. The van der Waals surface area contributed by atoms with Gasteiger partial charge in [0.1, 0.15) is 0 Å². The summed E-state index contributed by atoms with van der Waals surface area (Å²) in [6, 6.07) is 4.71. The Morgan fingerprint density at radius 1 is 0.553 bits per heavy atom. The van der Waals surface area contributed by atoms with Crippen LogP contribution in [-0.4, -0.2) is 0 Å². The second-order valence-electron chi connectivity index (χ2n) is 13.5. The summed E-state index contributed by atoms with van der Waals surface area (Å²) in [7, 11) is 0. The highest BCUT2D eigenvalue weighted by molar-refractivity contribution is 6.32. The summed E-state index contributed by atoms with van der Waals surface area (Å²) in [6.07, 6.45) is 34.0. The lowest BCUT2D eigenvalue weighted by molar-refractivity contribution is 0.124. The molecule has 0 spiro atoms. The fourth-order valence-electron chi connectivity index (χ4n) is 9.72. The molecule has 0 aliphatic heterocycles. The Labute approximate surface area is 240 Å². The van der Waals surface area contributed by atoms with E-state index in [-0.39, 0.29) is 0 Å². The molecule has 0 amide bonds. The molecule has 2 heteroatoms. The Kier molecular flexibility index (Phi) is 7.42. The second kappa shape index (κ2) is 11.0. The van der Waals surface area contributed by atoms with Crippen LogP contribution < -0.4 is 0 Å². The maximum atomic E-state index is 7.09. The van der Waals surface area contributed by atoms with Crippen LogP contribution in [0, 0.1) is 41.4 Å². The molecule has 0 nitrogen and oxygen atoms in total. The third-order valence-corrected chi connectivity index (χ3v) is 12.2. The average Bonchev–Trinajstić information content (AvgIpc) is 2.94. The standard InChI is InChI=1S/C36H44Cl2/c37-35-21-27-18-16-26-20-34(32-14-6-10-24-8-2-4-12-30(24)32)36(38)22-28(26)17-15-25(27)19-33(35)31-13-5-9-23-7-1-3-11-29(23)31/h15-25,27,29-32H,1-14H2/b17-15-,18-16-. The highest BCUT2D eigenvalue weighted by Crippen LogP contribution is 2.52. The van der Waals surface area contributed by atoms with Crippen LogP contribution in [0.3, 0.4) is 0 Å². The number of benzene rings is 1. The normalized spacial score (nSPS) is 40.2. The lowest BCUT2D eigenvalue weighted by Gasteiger charge is -2.43. The van der Waals surface area contributed by atoms with Crippen LogP contribution in [0.15, 0.2) is 47.0 Å². The van der Waals surface area contributed by atoms with Gasteiger partial charge in [-0.1, -0.05) is 124 Å². The van der Waals surface area contributed by atoms with E-state index in [1.165, 1.54) is 112 Å². The predicted molar refractivity (Wildman–Crippen MR) is 163 cm³/mol. The van der Waals surface area contributed by atoms with Crippen LogP contribution in [0.1, 0.15) is 112 Å². The Morgan fingerprint density at radius 2 is 1.11 bits per heavy atom. The number of hydrogen-bond donors (Lipinski definition) is 0. The van der Waals surface area contributed by atoms with E-state index in [0.29, 0.717) is 23.7 Å². The first-order valence-corrected chi connectivity index (χ1v) is 16.7. The lowest BCUT2D eigenvalue weighted by Crippen LogP contribution is -2.33. The van der Waals surface area contributed by atoms with E-state index in [9.17, 15) is 0 Å². The van der Waals surface area contributed by atoms with Crippen molar-refractivity contribution >= 4 is 35.4 Å². The summed E-state index contributed by atoms with van der Waals surface area (Å²) in [6.45, 7) is 0. The minimum Gasteiger partial charge on any atom is -0.0844 e. The zero-order valence-electron chi connectivity index (χ0n) is 22.9. The highest BCUT2D eigenvalue weighted by Gasteiger charge is 2.39. The van der Waals surface area contributed by atoms with Crippen molar-refractivity contribution in [1.82, 2.24) is 0 Å². The SMILES string of the molecule is ClC1=CC2/C=C\c3cc(C4CCCC5CCCCC54)c(Cl)cc3/C=C\C2C=C1C1CCCC2CCCCC21. The van der Waals surface area contributed by atoms with E-state index in [0.717, 1.165) is 33.7 Å². The summed E-state index contributed by atoms with van der Waals surface area (Å²) in [4.78, 5) is 0. The number of hydrogen-bond acceptors (Lipinski definition) is 0. The minimum atomic E-state index is 0.331. The molecule has 0 aromatic heterocycles. The van der Waals surface area contributed by atoms with E-state index in [4.69, 9.17) is 23.2 Å². The van der Waals surface area contributed by atoms with E-state index >= 15 is 0 Å². The predicted octanol–water partition coefficient (Wildman–Crippen LogP) is 11.4. The smallest absolute Gasteiger partial charge is 0.0447 e. The molecule has 7 rings (SSSR count). The van der Waals surface area contributed by atoms with E-state index in [2.05, 4.69) is 48.6 Å². The van der Waals surface area contributed by atoms with Crippen molar-refractivity contribution < 1.29 is 0 Å². The number of rotatable bonds is 2. The van der Waals surface area contributed by atoms with Crippen LogP contribution in [0.2, 0.25) is 5.02 Å². The van der Waals surface area contributed by atoms with E-state index < -0.39 is 0 Å². The van der Waals surface area contributed by atoms with Crippen molar-refractivity contribution in [2.75, 3.05) is 0 Å². The van der Waals surface area contributed by atoms with Gasteiger partial charge in [0.05, 0.1) is 0 Å². The average molecular weight is 548 g/mol. The fourth-order valence-corrected chi connectivity index (χ4v) is 10.4. The van der Waals surface area contributed by atoms with Gasteiger partial charge < -0.3 is 0 Å². The minimum absolute atomic E-state index is 0.331. The number of halogens is 2. The second-order valence-corrected chi connectivity index (χ2v) is 14.3. The number of allylic oxidation sites excluding steroid dienone is 6. The van der Waals surface area contributed by atoms with Crippen molar-refractivity contribution in [3.05, 3.63) is 68.8 Å². The molecule has 202 valence electrons. The Bertz CT molecular complexity index is 1160. The fraction of sp³-hybridized carbons (Fsp3) is 0.611. The van der Waals surface area contributed by atoms with Crippen molar-refractivity contribution in [3.63, 3.8) is 0 Å². The first kappa shape index (κ1) is 25.7. The highest BCUT2D eigenvalue weighted by atomic mass is 35.5. The molecular weight excluding hydrogens is 503 g/mol. The van der Waals surface area contributed by atoms with Crippen LogP contribution in [0.5, 0.6) is 0 Å². The molecule has 0 saturated heterocycles. The number of fused-ring (bicyclic) bond motifs is 4. The quantitative estimate of drug-likeness (QED) is 0.345. The Morgan fingerprint density at radius 3 is 1.82 bits per heavy atom. The first-order valence-electron chi connectivity index (χ1n) is 15.9. The third kappa shape index (κ3) is 4.81. The molecule has 0 heterocycles. The van der Waals surface area contributed by atoms with Crippen LogP contribution in [-0.2, 0) is 0 Å². The van der Waals surface area contributed by atoms with E-state index in [1.54, 1.807) is 0 Å². The van der Waals surface area contributed by atoms with Crippen LogP contribution in [0.25, 0.3) is 12.2 Å². The molecule has 6 aliphatic carbocycles. The van der Waals surface area contributed by atoms with Crippen LogP contribution >= 0.6 is 23.2 Å². The molecule has 6 aliphatic rings. The van der Waals surface area contributed by atoms with Gasteiger partial charge in [-0.15, -0.1) is 0 Å². The summed E-state index contributed by atoms with van der Waals surface area (Å²) in [5.74, 6) is 5.52. The molecule has 0 radical (unpaired) electrons. The Balaban J connectivity index is 1.18. The molecule has 4 fully saturated rings. The molecule has 38 heavy (non-hydrogen) atoms. The molecule has 8 atom stereocenters. The van der Waals surface area contributed by atoms with Crippen molar-refractivity contribution in [1.29, 1.82) is 0 Å². The van der Waals surface area contributed by atoms with Gasteiger partial charge in [0.15, 0.2) is 0 Å². The zero-order valence-corrected chi connectivity index (χ0v) is 24.4. The van der Waals surface area contributed by atoms with Crippen molar-refractivity contribution in [3.8, 4) is 0 Å². The lowest BCUT2D eigenvalue weighted by atomic mass is 9.62. The monoisotopic (exact) mass is 546 g/mol. The van der Waals surface area contributed by atoms with Gasteiger partial charge in [0, 0.05) is 21.9 Å². The van der Waals surface area contributed by atoms with Gasteiger partial charge in [-0.25, -0.2) is 0 Å². The molecule has 1 aromatic carbocycles. The summed E-state index contributed by atoms with van der Waals surface area (Å²) in [5, 5.41) is 2.02. The molecule has 1 aromatic rings. The Hall–Kier alpha value is -1.24. The topological polar surface area (TPSA) is 0 Å². The van der Waals surface area contributed by atoms with E-state index in [1.807, 2.05) is 0 Å². The molecule has 4 saturated carbocycles. The molecule has 0 bridgehead atoms. The molecule has 0 N–H and O–H groups in total. The first-order chi connectivity index (χ1) is 18.7. The van der Waals surface area contributed by atoms with Gasteiger partial charge in [-0.2, -0.15) is 0 Å². The van der Waals surface area contributed by atoms with Gasteiger partial charge in [0.2, 0.25) is 0 Å². The van der Waals surface area contributed by atoms with Crippen molar-refractivity contribution in [2.24, 2.45) is 41.4 Å².